The molecule has 1 atom stereocenters. The lowest BCUT2D eigenvalue weighted by Gasteiger charge is -2.11. The van der Waals surface area contributed by atoms with Crippen molar-refractivity contribution in [3.05, 3.63) is 53.1 Å². The molecule has 23 heavy (non-hydrogen) atoms. The molecule has 0 spiro atoms. The van der Waals surface area contributed by atoms with Gasteiger partial charge in [-0.15, -0.1) is 0 Å². The third kappa shape index (κ3) is 3.47. The Bertz CT molecular complexity index is 725. The quantitative estimate of drug-likeness (QED) is 0.856. The third-order valence-corrected chi connectivity index (χ3v) is 3.81. The molecule has 0 radical (unpaired) electrons. The van der Waals surface area contributed by atoms with E-state index in [1.807, 2.05) is 25.1 Å². The Balaban J connectivity index is 1.82. The monoisotopic (exact) mass is 311 g/mol. The van der Waals surface area contributed by atoms with E-state index < -0.39 is 0 Å². The number of para-hydroxylation sites is 1. The van der Waals surface area contributed by atoms with Crippen LogP contribution in [0.1, 0.15) is 30.5 Å². The number of hydrogen-bond acceptors (Lipinski definition) is 4. The number of ether oxygens (including phenoxy) is 2. The maximum Gasteiger partial charge on any atom is 0.124 e. The first-order valence-corrected chi connectivity index (χ1v) is 7.90. The summed E-state index contributed by atoms with van der Waals surface area (Å²) in [5, 5.41) is 9.77. The average molecular weight is 311 g/mol. The van der Waals surface area contributed by atoms with Crippen LogP contribution < -0.4 is 9.47 Å². The maximum absolute atomic E-state index is 9.77. The van der Waals surface area contributed by atoms with Gasteiger partial charge in [-0.1, -0.05) is 12.1 Å². The Hall–Kier alpha value is -2.49. The molecule has 0 aromatic heterocycles. The molecule has 1 N–H and O–H groups in total. The van der Waals surface area contributed by atoms with Gasteiger partial charge in [0.15, 0.2) is 0 Å². The largest absolute Gasteiger partial charge is 0.507 e. The van der Waals surface area contributed by atoms with Crippen LogP contribution in [0.25, 0.3) is 0 Å². The highest BCUT2D eigenvalue weighted by atomic mass is 16.5. The van der Waals surface area contributed by atoms with E-state index in [9.17, 15) is 5.11 Å². The van der Waals surface area contributed by atoms with E-state index >= 15 is 0 Å². The van der Waals surface area contributed by atoms with Crippen molar-refractivity contribution in [3.8, 4) is 17.2 Å². The van der Waals surface area contributed by atoms with Gasteiger partial charge in [0, 0.05) is 29.3 Å². The minimum absolute atomic E-state index is 0.208. The van der Waals surface area contributed by atoms with Gasteiger partial charge in [-0.2, -0.15) is 0 Å². The lowest BCUT2D eigenvalue weighted by atomic mass is 10.1. The fraction of sp³-hybridized carbons (Fsp3) is 0.316. The van der Waals surface area contributed by atoms with Crippen LogP contribution in [0.5, 0.6) is 17.2 Å². The van der Waals surface area contributed by atoms with Crippen LogP contribution >= 0.6 is 0 Å². The molecule has 0 aliphatic carbocycles. The summed E-state index contributed by atoms with van der Waals surface area (Å²) in [5.41, 5.74) is 2.89. The normalized spacial score (nSPS) is 16.3. The molecule has 0 fully saturated rings. The predicted molar refractivity (Wildman–Crippen MR) is 90.8 cm³/mol. The number of benzene rings is 2. The van der Waals surface area contributed by atoms with Gasteiger partial charge < -0.3 is 14.6 Å². The molecule has 4 heteroatoms. The first kappa shape index (κ1) is 15.4. The summed E-state index contributed by atoms with van der Waals surface area (Å²) in [7, 11) is 0. The summed E-state index contributed by atoms with van der Waals surface area (Å²) in [6.45, 7) is 5.14. The first-order chi connectivity index (χ1) is 11.2. The summed E-state index contributed by atoms with van der Waals surface area (Å²) in [4.78, 5) is 4.44. The zero-order valence-electron chi connectivity index (χ0n) is 13.5. The van der Waals surface area contributed by atoms with Crippen molar-refractivity contribution in [3.63, 3.8) is 0 Å². The summed E-state index contributed by atoms with van der Waals surface area (Å²) in [5.74, 6) is 2.01. The third-order valence-electron chi connectivity index (χ3n) is 3.81. The van der Waals surface area contributed by atoms with E-state index in [0.717, 1.165) is 23.5 Å². The van der Waals surface area contributed by atoms with Crippen molar-refractivity contribution in [1.29, 1.82) is 0 Å². The number of aliphatic imine (C=N–C) groups is 1. The van der Waals surface area contributed by atoms with Gasteiger partial charge in [0.2, 0.25) is 0 Å². The molecule has 2 aromatic carbocycles. The molecule has 120 valence electrons. The van der Waals surface area contributed by atoms with E-state index in [2.05, 4.69) is 18.0 Å². The predicted octanol–water partition coefficient (Wildman–Crippen LogP) is 3.73. The Morgan fingerprint density at radius 1 is 1.35 bits per heavy atom. The first-order valence-electron chi connectivity index (χ1n) is 7.90. The molecule has 0 unspecified atom stereocenters. The van der Waals surface area contributed by atoms with Crippen LogP contribution in [0.3, 0.4) is 0 Å². The van der Waals surface area contributed by atoms with Crippen LogP contribution in [0.2, 0.25) is 0 Å². The van der Waals surface area contributed by atoms with Gasteiger partial charge in [0.25, 0.3) is 0 Å². The molecule has 0 saturated heterocycles. The lowest BCUT2D eigenvalue weighted by Crippen LogP contribution is -2.05. The van der Waals surface area contributed by atoms with Crippen molar-refractivity contribution in [2.24, 2.45) is 4.99 Å². The standard InChI is InChI=1S/C19H21NO3/c1-3-22-18-9-15-8-13(2)23-19(15)10-16(18)12-20-11-14-6-4-5-7-17(14)21/h4-7,9-11,13,21H,3,8,12H2,1-2H3/t13-/m1/s1. The summed E-state index contributed by atoms with van der Waals surface area (Å²) < 4.78 is 11.6. The summed E-state index contributed by atoms with van der Waals surface area (Å²) >= 11 is 0. The number of aromatic hydroxyl groups is 1. The van der Waals surface area contributed by atoms with Crippen LogP contribution in [0.15, 0.2) is 41.4 Å². The SMILES string of the molecule is CCOc1cc2c(cc1CN=Cc1ccccc1O)O[C@H](C)C2. The van der Waals surface area contributed by atoms with E-state index in [1.165, 1.54) is 5.56 Å². The number of phenols is 1. The molecule has 4 nitrogen and oxygen atoms in total. The van der Waals surface area contributed by atoms with E-state index in [1.54, 1.807) is 18.3 Å². The Kier molecular flexibility index (Phi) is 4.51. The van der Waals surface area contributed by atoms with E-state index in [4.69, 9.17) is 9.47 Å². The topological polar surface area (TPSA) is 51.0 Å². The number of hydrogen-bond donors (Lipinski definition) is 1. The Morgan fingerprint density at radius 2 is 2.17 bits per heavy atom. The lowest BCUT2D eigenvalue weighted by molar-refractivity contribution is 0.254. The molecule has 0 bridgehead atoms. The number of nitrogens with zero attached hydrogens (tertiary/aromatic N) is 1. The highest BCUT2D eigenvalue weighted by molar-refractivity contribution is 5.83. The summed E-state index contributed by atoms with van der Waals surface area (Å²) in [6.07, 6.45) is 2.80. The Labute approximate surface area is 136 Å². The van der Waals surface area contributed by atoms with Crippen LogP contribution in [0, 0.1) is 0 Å². The molecular weight excluding hydrogens is 290 g/mol. The Morgan fingerprint density at radius 3 is 2.96 bits per heavy atom. The number of rotatable bonds is 5. The van der Waals surface area contributed by atoms with Crippen molar-refractivity contribution in [2.45, 2.75) is 32.9 Å². The van der Waals surface area contributed by atoms with E-state index in [0.29, 0.717) is 18.7 Å². The highest BCUT2D eigenvalue weighted by Crippen LogP contribution is 2.35. The van der Waals surface area contributed by atoms with Gasteiger partial charge in [-0.3, -0.25) is 4.99 Å². The van der Waals surface area contributed by atoms with Crippen molar-refractivity contribution < 1.29 is 14.6 Å². The molecule has 2 aromatic rings. The molecule has 1 heterocycles. The van der Waals surface area contributed by atoms with Gasteiger partial charge in [0.05, 0.1) is 13.2 Å². The highest BCUT2D eigenvalue weighted by Gasteiger charge is 2.21. The molecule has 0 amide bonds. The second kappa shape index (κ2) is 6.73. The second-order valence-electron chi connectivity index (χ2n) is 5.66. The molecule has 1 aliphatic rings. The second-order valence-corrected chi connectivity index (χ2v) is 5.66. The number of phenolic OH excluding ortho intramolecular Hbond substituents is 1. The van der Waals surface area contributed by atoms with Crippen molar-refractivity contribution >= 4 is 6.21 Å². The van der Waals surface area contributed by atoms with E-state index in [-0.39, 0.29) is 11.9 Å². The van der Waals surface area contributed by atoms with Crippen molar-refractivity contribution in [1.82, 2.24) is 0 Å². The molecule has 3 rings (SSSR count). The van der Waals surface area contributed by atoms with Gasteiger partial charge in [-0.25, -0.2) is 0 Å². The fourth-order valence-corrected chi connectivity index (χ4v) is 2.73. The average Bonchev–Trinajstić information content (AvgIpc) is 2.88. The van der Waals surface area contributed by atoms with Gasteiger partial charge in [0.1, 0.15) is 23.4 Å². The van der Waals surface area contributed by atoms with Gasteiger partial charge in [-0.05, 0) is 38.1 Å². The molecule has 0 saturated carbocycles. The maximum atomic E-state index is 9.77. The van der Waals surface area contributed by atoms with Gasteiger partial charge >= 0.3 is 0 Å². The van der Waals surface area contributed by atoms with Crippen LogP contribution in [0.4, 0.5) is 0 Å². The molecular formula is C19H21NO3. The van der Waals surface area contributed by atoms with Crippen molar-refractivity contribution in [2.75, 3.05) is 6.61 Å². The number of fused-ring (bicyclic) bond motifs is 1. The van der Waals surface area contributed by atoms with Crippen LogP contribution in [-0.2, 0) is 13.0 Å². The molecule has 1 aliphatic heterocycles. The summed E-state index contributed by atoms with van der Waals surface area (Å²) in [6, 6.07) is 11.2. The zero-order chi connectivity index (χ0) is 16.2. The fourth-order valence-electron chi connectivity index (χ4n) is 2.73. The van der Waals surface area contributed by atoms with Crippen LogP contribution in [-0.4, -0.2) is 24.0 Å². The minimum Gasteiger partial charge on any atom is -0.507 e. The smallest absolute Gasteiger partial charge is 0.124 e. The zero-order valence-corrected chi connectivity index (χ0v) is 13.5. The minimum atomic E-state index is 0.208.